The lowest BCUT2D eigenvalue weighted by molar-refractivity contribution is 0.168. The third-order valence-corrected chi connectivity index (χ3v) is 8.91. The van der Waals surface area contributed by atoms with Gasteiger partial charge in [0.25, 0.3) is 0 Å². The van der Waals surface area contributed by atoms with Gasteiger partial charge in [-0.25, -0.2) is 0 Å². The molecule has 0 aromatic rings. The van der Waals surface area contributed by atoms with Gasteiger partial charge in [0, 0.05) is 0 Å². The summed E-state index contributed by atoms with van der Waals surface area (Å²) in [6.45, 7) is 21.7. The molecule has 0 radical (unpaired) electrons. The highest BCUT2D eigenvalue weighted by Gasteiger charge is 1.98. The van der Waals surface area contributed by atoms with Gasteiger partial charge in [0.2, 0.25) is 0 Å². The van der Waals surface area contributed by atoms with Gasteiger partial charge in [-0.3, -0.25) is 0 Å². The zero-order valence-corrected chi connectivity index (χ0v) is 38.5. The predicted octanol–water partition coefficient (Wildman–Crippen LogP) is 14.8. The molecule has 0 aliphatic carbocycles. The van der Waals surface area contributed by atoms with Crippen LogP contribution in [0, 0.1) is 0 Å². The molecule has 5 nitrogen and oxygen atoms in total. The summed E-state index contributed by atoms with van der Waals surface area (Å²) in [4.78, 5) is 0. The van der Waals surface area contributed by atoms with Crippen LogP contribution in [0.25, 0.3) is 0 Å². The highest BCUT2D eigenvalue weighted by atomic mass is 16.3. The Balaban J connectivity index is -0.000000139. The van der Waals surface area contributed by atoms with Gasteiger partial charge in [-0.1, -0.05) is 235 Å². The zero-order valence-electron chi connectivity index (χ0n) is 38.5. The number of rotatable bonds is 33. The van der Waals surface area contributed by atoms with E-state index >= 15 is 0 Å². The van der Waals surface area contributed by atoms with Crippen molar-refractivity contribution in [1.29, 1.82) is 0 Å². The highest BCUT2D eigenvalue weighted by Crippen LogP contribution is 2.14. The molecule has 52 heavy (non-hydrogen) atoms. The quantitative estimate of drug-likeness (QED) is 0.0340. The maximum atomic E-state index is 9.10. The van der Waals surface area contributed by atoms with Crippen LogP contribution >= 0.6 is 0 Å². The van der Waals surface area contributed by atoms with Crippen molar-refractivity contribution in [2.24, 2.45) is 5.73 Å². The molecule has 0 aliphatic rings. The first kappa shape index (κ1) is 63.7. The number of aliphatic hydroxyl groups is 3. The summed E-state index contributed by atoms with van der Waals surface area (Å²) in [5.74, 6) is 0. The van der Waals surface area contributed by atoms with Crippen LogP contribution in [0.5, 0.6) is 0 Å². The van der Waals surface area contributed by atoms with Gasteiger partial charge >= 0.3 is 0 Å². The zero-order chi connectivity index (χ0) is 40.8. The molecule has 3 unspecified atom stereocenters. The molecule has 0 heterocycles. The van der Waals surface area contributed by atoms with E-state index < -0.39 is 6.23 Å². The maximum Gasteiger partial charge on any atom is 0.102 e. The van der Waals surface area contributed by atoms with Crippen LogP contribution in [-0.2, 0) is 0 Å². The molecule has 5 heteroatoms. The van der Waals surface area contributed by atoms with E-state index in [0.717, 1.165) is 32.2 Å². The SMILES string of the molecule is CC.CC.CCCCCCCCCC(N)O.CCCCCCCCCCCCCC(C)O.CCCCCCCCCCCCCC(C)O.CCNC. The van der Waals surface area contributed by atoms with Crippen LogP contribution in [0.15, 0.2) is 0 Å². The van der Waals surface area contributed by atoms with E-state index in [0.29, 0.717) is 0 Å². The van der Waals surface area contributed by atoms with E-state index in [2.05, 4.69) is 33.0 Å². The first-order valence-electron chi connectivity index (χ1n) is 23.7. The summed E-state index contributed by atoms with van der Waals surface area (Å²) in [7, 11) is 1.93. The van der Waals surface area contributed by atoms with Crippen LogP contribution in [0.1, 0.15) is 275 Å². The lowest BCUT2D eigenvalue weighted by Gasteiger charge is -2.04. The molecular formula is C47H108N2O3. The Labute approximate surface area is 332 Å². The second kappa shape index (κ2) is 68.8. The summed E-state index contributed by atoms with van der Waals surface area (Å²) in [5, 5.41) is 29.9. The van der Waals surface area contributed by atoms with Crippen LogP contribution in [0.3, 0.4) is 0 Å². The third kappa shape index (κ3) is 92.5. The Hall–Kier alpha value is -0.200. The number of unbranched alkanes of at least 4 members (excludes halogenated alkanes) is 26. The van der Waals surface area contributed by atoms with Crippen LogP contribution in [-0.4, -0.2) is 47.3 Å². The van der Waals surface area contributed by atoms with Crippen LogP contribution in [0.2, 0.25) is 0 Å². The third-order valence-electron chi connectivity index (χ3n) is 8.91. The van der Waals surface area contributed by atoms with Gasteiger partial charge < -0.3 is 26.4 Å². The molecule has 0 rings (SSSR count). The Morgan fingerprint density at radius 1 is 0.365 bits per heavy atom. The van der Waals surface area contributed by atoms with Crippen molar-refractivity contribution >= 4 is 0 Å². The smallest absolute Gasteiger partial charge is 0.102 e. The molecule has 0 saturated heterocycles. The maximum absolute atomic E-state index is 9.10. The summed E-state index contributed by atoms with van der Waals surface area (Å²) in [5.41, 5.74) is 5.21. The predicted molar refractivity (Wildman–Crippen MR) is 241 cm³/mol. The van der Waals surface area contributed by atoms with Crippen LogP contribution in [0.4, 0.5) is 0 Å². The summed E-state index contributed by atoms with van der Waals surface area (Å²) in [6, 6.07) is 0. The molecule has 324 valence electrons. The fourth-order valence-corrected chi connectivity index (χ4v) is 5.52. The Kier molecular flexibility index (Phi) is 84.3. The van der Waals surface area contributed by atoms with Gasteiger partial charge in [0.15, 0.2) is 0 Å². The first-order valence-corrected chi connectivity index (χ1v) is 23.7. The Bertz CT molecular complexity index is 457. The molecule has 0 aromatic heterocycles. The average Bonchev–Trinajstić information content (AvgIpc) is 3.14. The molecule has 0 saturated carbocycles. The molecule has 0 spiro atoms. The van der Waals surface area contributed by atoms with E-state index in [1.54, 1.807) is 0 Å². The normalized spacial score (nSPS) is 11.8. The number of aliphatic hydroxyl groups excluding tert-OH is 3. The molecule has 0 amide bonds. The molecule has 0 aliphatic heterocycles. The first-order chi connectivity index (χ1) is 25.2. The van der Waals surface area contributed by atoms with E-state index in [1.165, 1.54) is 180 Å². The van der Waals surface area contributed by atoms with Crippen molar-refractivity contribution in [3.05, 3.63) is 0 Å². The topological polar surface area (TPSA) is 98.7 Å². The molecule has 0 aromatic carbocycles. The van der Waals surface area contributed by atoms with Gasteiger partial charge in [0.05, 0.1) is 12.2 Å². The van der Waals surface area contributed by atoms with Crippen molar-refractivity contribution in [3.63, 3.8) is 0 Å². The number of nitrogens with one attached hydrogen (secondary N) is 1. The van der Waals surface area contributed by atoms with Crippen molar-refractivity contribution < 1.29 is 15.3 Å². The van der Waals surface area contributed by atoms with Crippen LogP contribution < -0.4 is 11.1 Å². The molecule has 0 bridgehead atoms. The fourth-order valence-electron chi connectivity index (χ4n) is 5.52. The summed E-state index contributed by atoms with van der Waals surface area (Å²) >= 11 is 0. The summed E-state index contributed by atoms with van der Waals surface area (Å²) < 4.78 is 0. The molecule has 6 N–H and O–H groups in total. The Morgan fingerprint density at radius 3 is 0.692 bits per heavy atom. The largest absolute Gasteiger partial charge is 0.393 e. The van der Waals surface area contributed by atoms with Crippen molar-refractivity contribution in [3.8, 4) is 0 Å². The van der Waals surface area contributed by atoms with Gasteiger partial charge in [0.1, 0.15) is 6.23 Å². The lowest BCUT2D eigenvalue weighted by atomic mass is 10.0. The molecule has 3 atom stereocenters. The summed E-state index contributed by atoms with van der Waals surface area (Å²) in [6.07, 6.45) is 41.3. The van der Waals surface area contributed by atoms with Crippen molar-refractivity contribution in [1.82, 2.24) is 5.32 Å². The minimum absolute atomic E-state index is 0.0986. The fraction of sp³-hybridized carbons (Fsp3) is 1.00. The number of hydrogen-bond acceptors (Lipinski definition) is 5. The van der Waals surface area contributed by atoms with Gasteiger partial charge in [-0.2, -0.15) is 0 Å². The Morgan fingerprint density at radius 2 is 0.538 bits per heavy atom. The molecular weight excluding hydrogens is 641 g/mol. The average molecular weight is 749 g/mol. The second-order valence-electron chi connectivity index (χ2n) is 14.5. The standard InChI is InChI=1S/2C15H32O.C10H23NO.C3H9N.2C2H6/c2*1-3-4-5-6-7-8-9-10-11-12-13-14-15(2)16;1-2-3-4-5-6-7-8-9-10(11)12;1-3-4-2;2*1-2/h2*15-16H,3-14H2,1-2H3;10,12H,2-9,11H2,1H3;4H,3H2,1-2H3;2*1-2H3. The van der Waals surface area contributed by atoms with E-state index in [1.807, 2.05) is 48.6 Å². The number of nitrogens with two attached hydrogens (primary N) is 1. The van der Waals surface area contributed by atoms with E-state index in [-0.39, 0.29) is 12.2 Å². The van der Waals surface area contributed by atoms with E-state index in [9.17, 15) is 0 Å². The van der Waals surface area contributed by atoms with Gasteiger partial charge in [-0.15, -0.1) is 0 Å². The molecule has 0 fully saturated rings. The highest BCUT2D eigenvalue weighted by molar-refractivity contribution is 4.52. The monoisotopic (exact) mass is 749 g/mol. The van der Waals surface area contributed by atoms with E-state index in [4.69, 9.17) is 21.1 Å². The van der Waals surface area contributed by atoms with Crippen molar-refractivity contribution in [2.75, 3.05) is 13.6 Å². The minimum Gasteiger partial charge on any atom is -0.393 e. The van der Waals surface area contributed by atoms with Crippen molar-refractivity contribution in [2.45, 2.75) is 293 Å². The number of hydrogen-bond donors (Lipinski definition) is 5. The second-order valence-corrected chi connectivity index (χ2v) is 14.5. The minimum atomic E-state index is -0.597. The van der Waals surface area contributed by atoms with Gasteiger partial charge in [-0.05, 0) is 53.1 Å². The lowest BCUT2D eigenvalue weighted by Crippen LogP contribution is -2.17.